The van der Waals surface area contributed by atoms with Crippen molar-refractivity contribution in [3.63, 3.8) is 0 Å². The highest BCUT2D eigenvalue weighted by Gasteiger charge is 2.32. The maximum atomic E-state index is 5.98. The zero-order chi connectivity index (χ0) is 20.9. The number of pyridine rings is 1. The summed E-state index contributed by atoms with van der Waals surface area (Å²) in [5, 5.41) is 7.92. The van der Waals surface area contributed by atoms with Gasteiger partial charge in [-0.3, -0.25) is 0 Å². The molecule has 2 atom stereocenters. The fourth-order valence-corrected chi connectivity index (χ4v) is 4.08. The van der Waals surface area contributed by atoms with Crippen LogP contribution in [0.5, 0.6) is 0 Å². The highest BCUT2D eigenvalue weighted by molar-refractivity contribution is 5.80. The predicted octanol–water partition coefficient (Wildman–Crippen LogP) is 2.23. The molecule has 4 heterocycles. The number of nitrogens with zero attached hydrogens (tertiary/aromatic N) is 5. The van der Waals surface area contributed by atoms with E-state index in [1.54, 1.807) is 0 Å². The minimum Gasteiger partial charge on any atom is -0.375 e. The first kappa shape index (κ1) is 20.8. The van der Waals surface area contributed by atoms with E-state index in [1.165, 1.54) is 0 Å². The van der Waals surface area contributed by atoms with Crippen LogP contribution in [0.15, 0.2) is 29.4 Å². The average molecular weight is 413 g/mol. The monoisotopic (exact) mass is 412 g/mol. The summed E-state index contributed by atoms with van der Waals surface area (Å²) in [6.45, 7) is 10.7. The van der Waals surface area contributed by atoms with E-state index in [4.69, 9.17) is 14.5 Å². The Bertz CT molecular complexity index is 857. The molecule has 30 heavy (non-hydrogen) atoms. The first-order valence-electron chi connectivity index (χ1n) is 10.9. The number of aryl methyl sites for hydroxylation is 2. The smallest absolute Gasteiger partial charge is 0.194 e. The first-order valence-corrected chi connectivity index (χ1v) is 10.9. The summed E-state index contributed by atoms with van der Waals surface area (Å²) in [5.41, 5.74) is 3.14. The molecule has 162 valence electrons. The molecule has 0 spiro atoms. The molecular formula is C22H32N6O2. The SMILES string of the molecule is CCNC(=NCc1ccc(-n2nc(C)cc2C)nc1)N1CCOC(C2CCCO2)C1. The quantitative estimate of drug-likeness (QED) is 0.600. The molecule has 2 unspecified atom stereocenters. The molecule has 0 saturated carbocycles. The van der Waals surface area contributed by atoms with E-state index >= 15 is 0 Å². The van der Waals surface area contributed by atoms with Crippen LogP contribution in [0.25, 0.3) is 5.82 Å². The second kappa shape index (κ2) is 9.57. The maximum absolute atomic E-state index is 5.98. The number of hydrogen-bond acceptors (Lipinski definition) is 5. The lowest BCUT2D eigenvalue weighted by Crippen LogP contribution is -2.53. The van der Waals surface area contributed by atoms with Crippen LogP contribution in [0, 0.1) is 13.8 Å². The van der Waals surface area contributed by atoms with Crippen LogP contribution in [0.3, 0.4) is 0 Å². The summed E-state index contributed by atoms with van der Waals surface area (Å²) in [6.07, 6.45) is 4.42. The lowest BCUT2D eigenvalue weighted by Gasteiger charge is -2.37. The van der Waals surface area contributed by atoms with E-state index in [9.17, 15) is 0 Å². The summed E-state index contributed by atoms with van der Waals surface area (Å²) in [6, 6.07) is 6.12. The highest BCUT2D eigenvalue weighted by Crippen LogP contribution is 2.21. The van der Waals surface area contributed by atoms with Gasteiger partial charge in [-0.15, -0.1) is 0 Å². The van der Waals surface area contributed by atoms with Gasteiger partial charge >= 0.3 is 0 Å². The number of morpholine rings is 1. The second-order valence-corrected chi connectivity index (χ2v) is 7.94. The van der Waals surface area contributed by atoms with Crippen LogP contribution in [-0.2, 0) is 16.0 Å². The Labute approximate surface area is 178 Å². The fraction of sp³-hybridized carbons (Fsp3) is 0.591. The molecule has 4 rings (SSSR count). The van der Waals surface area contributed by atoms with E-state index in [-0.39, 0.29) is 12.2 Å². The number of ether oxygens (including phenoxy) is 2. The number of rotatable bonds is 5. The molecule has 8 nitrogen and oxygen atoms in total. The van der Waals surface area contributed by atoms with Gasteiger partial charge in [-0.1, -0.05) is 6.07 Å². The van der Waals surface area contributed by atoms with Gasteiger partial charge in [0.2, 0.25) is 0 Å². The zero-order valence-electron chi connectivity index (χ0n) is 18.2. The van der Waals surface area contributed by atoms with Crippen LogP contribution in [0.1, 0.15) is 36.7 Å². The van der Waals surface area contributed by atoms with Crippen LogP contribution < -0.4 is 5.32 Å². The lowest BCUT2D eigenvalue weighted by atomic mass is 10.1. The van der Waals surface area contributed by atoms with Gasteiger partial charge in [0.25, 0.3) is 0 Å². The van der Waals surface area contributed by atoms with Crippen LogP contribution in [0.2, 0.25) is 0 Å². The summed E-state index contributed by atoms with van der Waals surface area (Å²) in [5.74, 6) is 1.75. The molecule has 2 aromatic heterocycles. The van der Waals surface area contributed by atoms with Crippen LogP contribution in [-0.4, -0.2) is 70.7 Å². The van der Waals surface area contributed by atoms with Crippen molar-refractivity contribution in [2.45, 2.75) is 52.4 Å². The third-order valence-corrected chi connectivity index (χ3v) is 5.55. The van der Waals surface area contributed by atoms with E-state index < -0.39 is 0 Å². The average Bonchev–Trinajstić information content (AvgIpc) is 3.41. The van der Waals surface area contributed by atoms with Gasteiger partial charge in [-0.05, 0) is 51.3 Å². The van der Waals surface area contributed by atoms with Gasteiger partial charge in [-0.2, -0.15) is 5.10 Å². The second-order valence-electron chi connectivity index (χ2n) is 7.94. The number of hydrogen-bond donors (Lipinski definition) is 1. The number of aliphatic imine (C=N–C) groups is 1. The third-order valence-electron chi connectivity index (χ3n) is 5.55. The summed E-state index contributed by atoms with van der Waals surface area (Å²) in [4.78, 5) is 11.7. The topological polar surface area (TPSA) is 76.8 Å². The predicted molar refractivity (Wildman–Crippen MR) is 116 cm³/mol. The zero-order valence-corrected chi connectivity index (χ0v) is 18.2. The van der Waals surface area contributed by atoms with Crippen LogP contribution >= 0.6 is 0 Å². The largest absolute Gasteiger partial charge is 0.375 e. The lowest BCUT2D eigenvalue weighted by molar-refractivity contribution is -0.0817. The Morgan fingerprint density at radius 2 is 2.10 bits per heavy atom. The van der Waals surface area contributed by atoms with Crippen molar-refractivity contribution in [2.24, 2.45) is 4.99 Å². The Hall–Kier alpha value is -2.45. The summed E-state index contributed by atoms with van der Waals surface area (Å²) >= 11 is 0. The third kappa shape index (κ3) is 4.82. The van der Waals surface area contributed by atoms with E-state index in [0.29, 0.717) is 13.2 Å². The van der Waals surface area contributed by atoms with Gasteiger partial charge in [0.05, 0.1) is 24.9 Å². The molecule has 2 aliphatic rings. The Balaban J connectivity index is 1.42. The molecular weight excluding hydrogens is 380 g/mol. The van der Waals surface area contributed by atoms with Crippen molar-refractivity contribution in [3.8, 4) is 5.82 Å². The van der Waals surface area contributed by atoms with E-state index in [2.05, 4.69) is 39.4 Å². The summed E-state index contributed by atoms with van der Waals surface area (Å²) in [7, 11) is 0. The summed E-state index contributed by atoms with van der Waals surface area (Å²) < 4.78 is 13.7. The van der Waals surface area contributed by atoms with Crippen molar-refractivity contribution in [2.75, 3.05) is 32.8 Å². The molecule has 0 bridgehead atoms. The van der Waals surface area contributed by atoms with E-state index in [0.717, 1.165) is 67.8 Å². The molecule has 2 fully saturated rings. The maximum Gasteiger partial charge on any atom is 0.194 e. The van der Waals surface area contributed by atoms with Crippen molar-refractivity contribution in [3.05, 3.63) is 41.3 Å². The molecule has 1 N–H and O–H groups in total. The molecule has 2 aromatic rings. The molecule has 8 heteroatoms. The highest BCUT2D eigenvalue weighted by atomic mass is 16.5. The Morgan fingerprint density at radius 1 is 1.23 bits per heavy atom. The normalized spacial score (nSPS) is 22.5. The molecule has 0 aromatic carbocycles. The number of guanidine groups is 1. The molecule has 2 aliphatic heterocycles. The number of aromatic nitrogens is 3. The van der Waals surface area contributed by atoms with Crippen molar-refractivity contribution in [1.82, 2.24) is 25.0 Å². The molecule has 0 aliphatic carbocycles. The van der Waals surface area contributed by atoms with Crippen molar-refractivity contribution < 1.29 is 9.47 Å². The fourth-order valence-electron chi connectivity index (χ4n) is 4.08. The standard InChI is InChI=1S/C22H32N6O2/c1-4-23-22(27-9-11-30-20(15-27)19-6-5-10-29-19)25-14-18-7-8-21(24-13-18)28-17(3)12-16(2)26-28/h7-8,12-13,19-20H,4-6,9-11,14-15H2,1-3H3,(H,23,25). The van der Waals surface area contributed by atoms with Gasteiger partial charge in [0, 0.05) is 38.1 Å². The van der Waals surface area contributed by atoms with Gasteiger partial charge in [0.1, 0.15) is 6.10 Å². The van der Waals surface area contributed by atoms with E-state index in [1.807, 2.05) is 30.8 Å². The molecule has 0 radical (unpaired) electrons. The van der Waals surface area contributed by atoms with Gasteiger partial charge < -0.3 is 19.7 Å². The minimum absolute atomic E-state index is 0.117. The molecule has 2 saturated heterocycles. The van der Waals surface area contributed by atoms with Crippen LogP contribution in [0.4, 0.5) is 0 Å². The Morgan fingerprint density at radius 3 is 2.77 bits per heavy atom. The minimum atomic E-state index is 0.117. The van der Waals surface area contributed by atoms with Gasteiger partial charge in [0.15, 0.2) is 11.8 Å². The Kier molecular flexibility index (Phi) is 6.64. The first-order chi connectivity index (χ1) is 14.6. The van der Waals surface area contributed by atoms with Gasteiger partial charge in [-0.25, -0.2) is 14.7 Å². The number of nitrogens with one attached hydrogen (secondary N) is 1. The van der Waals surface area contributed by atoms with Crippen molar-refractivity contribution in [1.29, 1.82) is 0 Å². The van der Waals surface area contributed by atoms with Crippen molar-refractivity contribution >= 4 is 5.96 Å². The molecule has 0 amide bonds.